The van der Waals surface area contributed by atoms with Crippen molar-refractivity contribution in [1.29, 1.82) is 0 Å². The fourth-order valence-electron chi connectivity index (χ4n) is 0.992. The third-order valence-electron chi connectivity index (χ3n) is 1.81. The first-order chi connectivity index (χ1) is 7.99. The summed E-state index contributed by atoms with van der Waals surface area (Å²) >= 11 is 5.69. The second kappa shape index (κ2) is 5.30. The topological polar surface area (TPSA) is 131 Å². The van der Waals surface area contributed by atoms with Crippen LogP contribution >= 0.6 is 11.6 Å². The van der Waals surface area contributed by atoms with Crippen LogP contribution in [0.1, 0.15) is 10.5 Å². The highest BCUT2D eigenvalue weighted by atomic mass is 35.5. The molecule has 0 aliphatic rings. The maximum absolute atomic E-state index is 11.7. The lowest BCUT2D eigenvalue weighted by atomic mass is 10.3. The van der Waals surface area contributed by atoms with E-state index in [9.17, 15) is 4.79 Å². The molecule has 0 spiro atoms. The van der Waals surface area contributed by atoms with E-state index in [4.69, 9.17) is 23.1 Å². The zero-order valence-corrected chi connectivity index (χ0v) is 10.0. The predicted octanol–water partition coefficient (Wildman–Crippen LogP) is -0.572. The van der Waals surface area contributed by atoms with Crippen molar-refractivity contribution in [3.63, 3.8) is 0 Å². The molecule has 0 aliphatic heterocycles. The molecule has 8 nitrogen and oxygen atoms in total. The van der Waals surface area contributed by atoms with E-state index in [2.05, 4.69) is 25.6 Å². The lowest BCUT2D eigenvalue weighted by molar-refractivity contribution is 0.0972. The maximum Gasteiger partial charge on any atom is 0.280 e. The Morgan fingerprint density at radius 1 is 1.47 bits per heavy atom. The smallest absolute Gasteiger partial charge is 0.280 e. The Bertz CT molecular complexity index is 473. The molecule has 6 N–H and O–H groups in total. The zero-order chi connectivity index (χ0) is 13.0. The summed E-state index contributed by atoms with van der Waals surface area (Å²) in [6.45, 7) is 0. The monoisotopic (exact) mass is 257 g/mol. The number of amides is 1. The molecule has 1 rings (SSSR count). The van der Waals surface area contributed by atoms with Gasteiger partial charge in [0.1, 0.15) is 0 Å². The van der Waals surface area contributed by atoms with Gasteiger partial charge in [0.25, 0.3) is 5.91 Å². The van der Waals surface area contributed by atoms with Gasteiger partial charge in [-0.25, -0.2) is 9.97 Å². The van der Waals surface area contributed by atoms with Crippen LogP contribution in [0, 0.1) is 0 Å². The van der Waals surface area contributed by atoms with Crippen molar-refractivity contribution in [2.75, 3.05) is 25.1 Å². The first-order valence-electron chi connectivity index (χ1n) is 4.54. The van der Waals surface area contributed by atoms with Gasteiger partial charge in [0, 0.05) is 14.1 Å². The largest absolute Gasteiger partial charge is 0.381 e. The van der Waals surface area contributed by atoms with E-state index >= 15 is 0 Å². The third kappa shape index (κ3) is 2.94. The van der Waals surface area contributed by atoms with E-state index in [0.717, 1.165) is 0 Å². The van der Waals surface area contributed by atoms with Crippen LogP contribution in [0.15, 0.2) is 4.99 Å². The highest BCUT2D eigenvalue weighted by Crippen LogP contribution is 2.18. The van der Waals surface area contributed by atoms with Crippen LogP contribution < -0.4 is 22.1 Å². The Hall–Kier alpha value is -2.09. The van der Waals surface area contributed by atoms with Crippen molar-refractivity contribution >= 4 is 35.1 Å². The lowest BCUT2D eigenvalue weighted by Crippen LogP contribution is -2.37. The SMILES string of the molecule is CN=C(N)NC(=O)c1nc(Cl)c(N)nc1NC. The van der Waals surface area contributed by atoms with Crippen molar-refractivity contribution in [3.8, 4) is 0 Å². The average Bonchev–Trinajstić information content (AvgIpc) is 2.31. The summed E-state index contributed by atoms with van der Waals surface area (Å²) in [7, 11) is 3.02. The summed E-state index contributed by atoms with van der Waals surface area (Å²) in [6, 6.07) is 0. The number of aromatic nitrogens is 2. The quantitative estimate of drug-likeness (QED) is 0.414. The van der Waals surface area contributed by atoms with Gasteiger partial charge >= 0.3 is 0 Å². The Kier molecular flexibility index (Phi) is 4.05. The summed E-state index contributed by atoms with van der Waals surface area (Å²) in [5, 5.41) is 4.94. The Balaban J connectivity index is 3.12. The van der Waals surface area contributed by atoms with Crippen LogP contribution in [0.25, 0.3) is 0 Å². The van der Waals surface area contributed by atoms with E-state index in [1.54, 1.807) is 7.05 Å². The second-order valence-electron chi connectivity index (χ2n) is 2.91. The van der Waals surface area contributed by atoms with Gasteiger partial charge in [-0.1, -0.05) is 11.6 Å². The van der Waals surface area contributed by atoms with Gasteiger partial charge in [0.05, 0.1) is 0 Å². The van der Waals surface area contributed by atoms with E-state index < -0.39 is 5.91 Å². The molecule has 0 saturated carbocycles. The number of hydrogen-bond acceptors (Lipinski definition) is 6. The van der Waals surface area contributed by atoms with Gasteiger partial charge in [-0.05, 0) is 0 Å². The fourth-order valence-corrected chi connectivity index (χ4v) is 1.12. The molecule has 1 aromatic heterocycles. The second-order valence-corrected chi connectivity index (χ2v) is 3.27. The van der Waals surface area contributed by atoms with Gasteiger partial charge < -0.3 is 16.8 Å². The van der Waals surface area contributed by atoms with Crippen LogP contribution in [-0.2, 0) is 0 Å². The summed E-state index contributed by atoms with van der Waals surface area (Å²) in [5.41, 5.74) is 10.8. The molecule has 0 aliphatic carbocycles. The number of carbonyl (C=O) groups is 1. The number of nitrogens with zero attached hydrogens (tertiary/aromatic N) is 3. The molecular formula is C8H12ClN7O. The number of rotatable bonds is 2. The summed E-state index contributed by atoms with van der Waals surface area (Å²) in [4.78, 5) is 23.0. The van der Waals surface area contributed by atoms with E-state index in [0.29, 0.717) is 0 Å². The zero-order valence-electron chi connectivity index (χ0n) is 9.28. The molecule has 1 aromatic rings. The predicted molar refractivity (Wildman–Crippen MR) is 66.0 cm³/mol. The van der Waals surface area contributed by atoms with Crippen LogP contribution in [-0.4, -0.2) is 35.9 Å². The Morgan fingerprint density at radius 3 is 2.65 bits per heavy atom. The molecule has 0 bridgehead atoms. The first-order valence-corrected chi connectivity index (χ1v) is 4.91. The number of nitrogen functional groups attached to an aromatic ring is 1. The average molecular weight is 258 g/mol. The van der Waals surface area contributed by atoms with Gasteiger partial charge in [-0.2, -0.15) is 0 Å². The van der Waals surface area contributed by atoms with Crippen molar-refractivity contribution < 1.29 is 4.79 Å². The minimum atomic E-state index is -0.577. The number of guanidine groups is 1. The number of halogens is 1. The summed E-state index contributed by atoms with van der Waals surface area (Å²) in [6.07, 6.45) is 0. The van der Waals surface area contributed by atoms with Crippen molar-refractivity contribution in [3.05, 3.63) is 10.8 Å². The highest BCUT2D eigenvalue weighted by Gasteiger charge is 2.17. The van der Waals surface area contributed by atoms with Gasteiger partial charge in [-0.3, -0.25) is 15.1 Å². The normalized spacial score (nSPS) is 11.1. The number of anilines is 2. The molecule has 0 unspecified atom stereocenters. The molecule has 0 radical (unpaired) electrons. The van der Waals surface area contributed by atoms with E-state index in [1.165, 1.54) is 7.05 Å². The molecular weight excluding hydrogens is 246 g/mol. The molecule has 1 heterocycles. The summed E-state index contributed by atoms with van der Waals surface area (Å²) in [5.74, 6) is -0.378. The number of aliphatic imine (C=N–C) groups is 1. The molecule has 0 atom stereocenters. The standard InChI is InChI=1S/C8H12ClN7O/c1-12-6-3(7(17)16-8(11)13-2)14-4(9)5(10)15-6/h1-2H3,(H3,10,12,15)(H3,11,13,16,17). The minimum Gasteiger partial charge on any atom is -0.381 e. The number of nitrogens with one attached hydrogen (secondary N) is 2. The maximum atomic E-state index is 11.7. The van der Waals surface area contributed by atoms with Crippen LogP contribution in [0.5, 0.6) is 0 Å². The number of carbonyl (C=O) groups excluding carboxylic acids is 1. The van der Waals surface area contributed by atoms with E-state index in [-0.39, 0.29) is 28.4 Å². The molecule has 17 heavy (non-hydrogen) atoms. The first kappa shape index (κ1) is 13.0. The third-order valence-corrected chi connectivity index (χ3v) is 2.09. The van der Waals surface area contributed by atoms with Crippen LogP contribution in [0.4, 0.5) is 11.6 Å². The molecule has 92 valence electrons. The van der Waals surface area contributed by atoms with Gasteiger partial charge in [0.2, 0.25) is 0 Å². The summed E-state index contributed by atoms with van der Waals surface area (Å²) < 4.78 is 0. The molecule has 0 saturated heterocycles. The molecule has 0 fully saturated rings. The van der Waals surface area contributed by atoms with E-state index in [1.807, 2.05) is 0 Å². The number of nitrogens with two attached hydrogens (primary N) is 2. The highest BCUT2D eigenvalue weighted by molar-refractivity contribution is 6.31. The minimum absolute atomic E-state index is 0.0155. The number of hydrogen-bond donors (Lipinski definition) is 4. The lowest BCUT2D eigenvalue weighted by Gasteiger charge is -2.09. The Morgan fingerprint density at radius 2 is 2.12 bits per heavy atom. The van der Waals surface area contributed by atoms with Crippen LogP contribution in [0.2, 0.25) is 5.15 Å². The van der Waals surface area contributed by atoms with Crippen LogP contribution in [0.3, 0.4) is 0 Å². The molecule has 1 amide bonds. The molecule has 9 heteroatoms. The van der Waals surface area contributed by atoms with Gasteiger partial charge in [0.15, 0.2) is 28.4 Å². The van der Waals surface area contributed by atoms with Crippen molar-refractivity contribution in [2.45, 2.75) is 0 Å². The Labute approximate surface area is 102 Å². The van der Waals surface area contributed by atoms with Crippen molar-refractivity contribution in [1.82, 2.24) is 15.3 Å². The molecule has 0 aromatic carbocycles. The van der Waals surface area contributed by atoms with Gasteiger partial charge in [-0.15, -0.1) is 0 Å². The van der Waals surface area contributed by atoms with Crippen molar-refractivity contribution in [2.24, 2.45) is 10.7 Å². The fraction of sp³-hybridized carbons (Fsp3) is 0.250.